The Bertz CT molecular complexity index is 654. The maximum atomic E-state index is 11.7. The van der Waals surface area contributed by atoms with E-state index in [9.17, 15) is 9.59 Å². The molecule has 1 unspecified atom stereocenters. The summed E-state index contributed by atoms with van der Waals surface area (Å²) in [4.78, 5) is 26.8. The number of aliphatic hydroxyl groups is 1. The van der Waals surface area contributed by atoms with Crippen LogP contribution in [0.1, 0.15) is 0 Å². The van der Waals surface area contributed by atoms with E-state index in [1.807, 2.05) is 12.1 Å². The molecular weight excluding hydrogens is 274 g/mol. The third-order valence-corrected chi connectivity index (χ3v) is 2.82. The highest BCUT2D eigenvalue weighted by molar-refractivity contribution is 5.88. The monoisotopic (exact) mass is 289 g/mol. The van der Waals surface area contributed by atoms with E-state index in [0.717, 1.165) is 5.39 Å². The van der Waals surface area contributed by atoms with Crippen molar-refractivity contribution in [3.05, 3.63) is 36.5 Å². The molecule has 0 bridgehead atoms. The van der Waals surface area contributed by atoms with Crippen LogP contribution >= 0.6 is 0 Å². The first-order valence-electron chi connectivity index (χ1n) is 6.28. The van der Waals surface area contributed by atoms with Gasteiger partial charge in [0.15, 0.2) is 6.61 Å². The van der Waals surface area contributed by atoms with E-state index in [1.54, 1.807) is 24.4 Å². The van der Waals surface area contributed by atoms with Crippen molar-refractivity contribution >= 4 is 22.7 Å². The number of para-hydroxylation sites is 1. The van der Waals surface area contributed by atoms with Crippen molar-refractivity contribution in [2.75, 3.05) is 13.2 Å². The van der Waals surface area contributed by atoms with E-state index in [4.69, 9.17) is 15.6 Å². The van der Waals surface area contributed by atoms with Crippen LogP contribution in [0, 0.1) is 0 Å². The number of hydrogen-bond acceptors (Lipinski definition) is 5. The Labute approximate surface area is 120 Å². The lowest BCUT2D eigenvalue weighted by atomic mass is 10.2. The molecule has 0 aliphatic rings. The summed E-state index contributed by atoms with van der Waals surface area (Å²) in [6.07, 6.45) is 1.63. The quantitative estimate of drug-likeness (QED) is 0.668. The van der Waals surface area contributed by atoms with Gasteiger partial charge in [0.2, 0.25) is 5.91 Å². The SMILES string of the molecule is NC(=O)C(CO)NC(=O)COc1cccc2cccnc12. The minimum absolute atomic E-state index is 0.306. The average molecular weight is 289 g/mol. The van der Waals surface area contributed by atoms with Crippen molar-refractivity contribution in [2.24, 2.45) is 5.73 Å². The van der Waals surface area contributed by atoms with Crippen LogP contribution in [0.5, 0.6) is 5.75 Å². The van der Waals surface area contributed by atoms with E-state index in [0.29, 0.717) is 11.3 Å². The van der Waals surface area contributed by atoms with Gasteiger partial charge in [-0.15, -0.1) is 0 Å². The number of carbonyl (C=O) groups excluding carboxylic acids is 2. The summed E-state index contributed by atoms with van der Waals surface area (Å²) in [6, 6.07) is 7.93. The first-order chi connectivity index (χ1) is 10.1. The number of nitrogens with zero attached hydrogens (tertiary/aromatic N) is 1. The van der Waals surface area contributed by atoms with Crippen molar-refractivity contribution in [1.82, 2.24) is 10.3 Å². The van der Waals surface area contributed by atoms with Gasteiger partial charge in [0.25, 0.3) is 5.91 Å². The first-order valence-corrected chi connectivity index (χ1v) is 6.28. The number of nitrogens with two attached hydrogens (primary N) is 1. The fraction of sp³-hybridized carbons (Fsp3) is 0.214. The third kappa shape index (κ3) is 3.67. The van der Waals surface area contributed by atoms with E-state index in [2.05, 4.69) is 10.3 Å². The Balaban J connectivity index is 2.02. The van der Waals surface area contributed by atoms with Crippen LogP contribution in [0.25, 0.3) is 10.9 Å². The number of rotatable bonds is 6. The summed E-state index contributed by atoms with van der Waals surface area (Å²) in [5.74, 6) is -0.902. The summed E-state index contributed by atoms with van der Waals surface area (Å²) in [5.41, 5.74) is 5.65. The number of primary amides is 1. The zero-order chi connectivity index (χ0) is 15.2. The smallest absolute Gasteiger partial charge is 0.258 e. The molecule has 110 valence electrons. The van der Waals surface area contributed by atoms with Gasteiger partial charge in [-0.25, -0.2) is 0 Å². The molecule has 0 saturated heterocycles. The molecule has 7 heteroatoms. The molecule has 1 atom stereocenters. The van der Waals surface area contributed by atoms with Crippen LogP contribution in [-0.2, 0) is 9.59 Å². The number of benzene rings is 1. The molecule has 2 amide bonds. The Kier molecular flexibility index (Phi) is 4.68. The number of ether oxygens (including phenoxy) is 1. The molecule has 0 aliphatic heterocycles. The predicted octanol–water partition coefficient (Wildman–Crippen LogP) is -0.424. The second kappa shape index (κ2) is 6.67. The van der Waals surface area contributed by atoms with Gasteiger partial charge in [-0.1, -0.05) is 18.2 Å². The molecule has 2 aromatic rings. The Morgan fingerprint density at radius 1 is 1.33 bits per heavy atom. The van der Waals surface area contributed by atoms with Gasteiger partial charge < -0.3 is 20.9 Å². The van der Waals surface area contributed by atoms with Crippen molar-refractivity contribution < 1.29 is 19.4 Å². The predicted molar refractivity (Wildman–Crippen MR) is 75.4 cm³/mol. The Morgan fingerprint density at radius 2 is 2.10 bits per heavy atom. The van der Waals surface area contributed by atoms with Crippen LogP contribution in [-0.4, -0.2) is 41.2 Å². The van der Waals surface area contributed by atoms with Crippen LogP contribution in [0.15, 0.2) is 36.5 Å². The van der Waals surface area contributed by atoms with Crippen LogP contribution in [0.4, 0.5) is 0 Å². The number of amides is 2. The van der Waals surface area contributed by atoms with E-state index in [-0.39, 0.29) is 6.61 Å². The molecule has 4 N–H and O–H groups in total. The van der Waals surface area contributed by atoms with E-state index in [1.165, 1.54) is 0 Å². The second-order valence-electron chi connectivity index (χ2n) is 4.32. The molecule has 0 radical (unpaired) electrons. The number of hydrogen-bond donors (Lipinski definition) is 3. The number of pyridine rings is 1. The number of nitrogens with one attached hydrogen (secondary N) is 1. The molecular formula is C14H15N3O4. The molecule has 1 heterocycles. The summed E-state index contributed by atoms with van der Waals surface area (Å²) < 4.78 is 5.40. The van der Waals surface area contributed by atoms with Gasteiger partial charge in [-0.2, -0.15) is 0 Å². The van der Waals surface area contributed by atoms with Crippen LogP contribution < -0.4 is 15.8 Å². The zero-order valence-electron chi connectivity index (χ0n) is 11.2. The second-order valence-corrected chi connectivity index (χ2v) is 4.32. The number of aromatic nitrogens is 1. The van der Waals surface area contributed by atoms with Crippen LogP contribution in [0.2, 0.25) is 0 Å². The summed E-state index contributed by atoms with van der Waals surface area (Å²) in [7, 11) is 0. The number of carbonyl (C=O) groups is 2. The van der Waals surface area contributed by atoms with E-state index >= 15 is 0 Å². The molecule has 1 aromatic heterocycles. The summed E-state index contributed by atoms with van der Waals surface area (Å²) in [5, 5.41) is 12.1. The number of aliphatic hydroxyl groups excluding tert-OH is 1. The third-order valence-electron chi connectivity index (χ3n) is 2.82. The minimum atomic E-state index is -1.12. The number of fused-ring (bicyclic) bond motifs is 1. The van der Waals surface area contributed by atoms with Gasteiger partial charge in [0.05, 0.1) is 6.61 Å². The van der Waals surface area contributed by atoms with Crippen molar-refractivity contribution in [2.45, 2.75) is 6.04 Å². The highest BCUT2D eigenvalue weighted by atomic mass is 16.5. The van der Waals surface area contributed by atoms with Gasteiger partial charge in [0, 0.05) is 11.6 Å². The summed E-state index contributed by atoms with van der Waals surface area (Å²) >= 11 is 0. The van der Waals surface area contributed by atoms with Crippen molar-refractivity contribution in [1.29, 1.82) is 0 Å². The molecule has 21 heavy (non-hydrogen) atoms. The Hall–Kier alpha value is -2.67. The van der Waals surface area contributed by atoms with Gasteiger partial charge >= 0.3 is 0 Å². The van der Waals surface area contributed by atoms with E-state index < -0.39 is 24.5 Å². The average Bonchev–Trinajstić information content (AvgIpc) is 2.50. The van der Waals surface area contributed by atoms with Gasteiger partial charge in [-0.05, 0) is 12.1 Å². The molecule has 0 saturated carbocycles. The fourth-order valence-corrected chi connectivity index (χ4v) is 1.78. The lowest BCUT2D eigenvalue weighted by Crippen LogP contribution is -2.48. The van der Waals surface area contributed by atoms with Crippen molar-refractivity contribution in [3.8, 4) is 5.75 Å². The summed E-state index contributed by atoms with van der Waals surface area (Å²) in [6.45, 7) is -0.865. The molecule has 1 aromatic carbocycles. The lowest BCUT2D eigenvalue weighted by molar-refractivity contribution is -0.129. The standard InChI is InChI=1S/C14H15N3O4/c15-14(20)10(7-18)17-12(19)8-21-11-5-1-3-9-4-2-6-16-13(9)11/h1-6,10,18H,7-8H2,(H2,15,20)(H,17,19). The maximum absolute atomic E-state index is 11.7. The topological polar surface area (TPSA) is 115 Å². The molecule has 0 spiro atoms. The minimum Gasteiger partial charge on any atom is -0.481 e. The molecule has 0 aliphatic carbocycles. The molecule has 2 rings (SSSR count). The highest BCUT2D eigenvalue weighted by Crippen LogP contribution is 2.22. The Morgan fingerprint density at radius 3 is 2.81 bits per heavy atom. The maximum Gasteiger partial charge on any atom is 0.258 e. The zero-order valence-corrected chi connectivity index (χ0v) is 11.2. The van der Waals surface area contributed by atoms with Crippen LogP contribution in [0.3, 0.4) is 0 Å². The molecule has 0 fully saturated rings. The lowest BCUT2D eigenvalue weighted by Gasteiger charge is -2.13. The fourth-order valence-electron chi connectivity index (χ4n) is 1.78. The largest absolute Gasteiger partial charge is 0.481 e. The van der Waals surface area contributed by atoms with Gasteiger partial charge in [-0.3, -0.25) is 14.6 Å². The highest BCUT2D eigenvalue weighted by Gasteiger charge is 2.17. The normalized spacial score (nSPS) is 11.9. The first kappa shape index (κ1) is 14.7. The van der Waals surface area contributed by atoms with Crippen molar-refractivity contribution in [3.63, 3.8) is 0 Å². The van der Waals surface area contributed by atoms with Gasteiger partial charge in [0.1, 0.15) is 17.3 Å². The molecule has 7 nitrogen and oxygen atoms in total.